The molecule has 1 aromatic heterocycles. The van der Waals surface area contributed by atoms with Crippen molar-refractivity contribution in [3.8, 4) is 0 Å². The van der Waals surface area contributed by atoms with Gasteiger partial charge >= 0.3 is 0 Å². The van der Waals surface area contributed by atoms with Crippen LogP contribution in [0.25, 0.3) is 10.2 Å². The van der Waals surface area contributed by atoms with E-state index < -0.39 is 16.1 Å². The smallest absolute Gasteiger partial charge is 0.247 e. The molecule has 5 rings (SSSR count). The number of rotatable bonds is 8. The third-order valence-corrected chi connectivity index (χ3v) is 10.6. The number of aromatic nitrogens is 1. The number of carbonyl (C=O) groups is 1. The lowest BCUT2D eigenvalue weighted by atomic mass is 10.1. The topological polar surface area (TPSA) is 83.1 Å². The molecule has 3 heterocycles. The van der Waals surface area contributed by atoms with Gasteiger partial charge in [0.15, 0.2) is 5.13 Å². The summed E-state index contributed by atoms with van der Waals surface area (Å²) >= 11 is 1.52. The number of aryl methyl sites for hydroxylation is 3. The van der Waals surface area contributed by atoms with E-state index in [-0.39, 0.29) is 10.8 Å². The number of benzene rings is 2. The molecule has 204 valence electrons. The summed E-state index contributed by atoms with van der Waals surface area (Å²) in [6.45, 7) is 10.9. The first-order chi connectivity index (χ1) is 18.3. The number of thiazole rings is 1. The number of amides is 1. The Labute approximate surface area is 229 Å². The van der Waals surface area contributed by atoms with Gasteiger partial charge in [0.1, 0.15) is 6.04 Å². The Hall–Kier alpha value is -2.37. The fraction of sp³-hybridized carbons (Fsp3) is 0.500. The Morgan fingerprint density at radius 3 is 2.47 bits per heavy atom. The van der Waals surface area contributed by atoms with E-state index in [0.717, 1.165) is 66.2 Å². The minimum absolute atomic E-state index is 0.186. The maximum absolute atomic E-state index is 14.2. The van der Waals surface area contributed by atoms with Crippen LogP contribution in [0.3, 0.4) is 0 Å². The minimum atomic E-state index is -3.79. The normalized spacial score (nSPS) is 19.3. The van der Waals surface area contributed by atoms with Gasteiger partial charge in [-0.05, 0) is 63.3 Å². The molecule has 0 radical (unpaired) electrons. The van der Waals surface area contributed by atoms with E-state index in [1.54, 1.807) is 29.2 Å². The molecule has 1 atom stereocenters. The summed E-state index contributed by atoms with van der Waals surface area (Å²) in [7, 11) is -3.79. The maximum Gasteiger partial charge on any atom is 0.247 e. The largest absolute Gasteiger partial charge is 0.379 e. The van der Waals surface area contributed by atoms with E-state index in [4.69, 9.17) is 9.72 Å². The van der Waals surface area contributed by atoms with E-state index in [2.05, 4.69) is 24.0 Å². The zero-order valence-electron chi connectivity index (χ0n) is 22.4. The second-order valence-electron chi connectivity index (χ2n) is 10.3. The standard InChI is InChI=1S/C28H36N4O4S2/c1-20-7-11-23(12-8-20)38(34,35)32-15-4-6-24(32)27(33)31(14-5-13-30-16-18-36-19-17-30)28-29-25-21(2)9-10-22(3)26(25)37-28/h7-12,24H,4-6,13-19H2,1-3H3. The van der Waals surface area contributed by atoms with Crippen molar-refractivity contribution in [2.45, 2.75) is 51.0 Å². The number of fused-ring (bicyclic) bond motifs is 1. The molecule has 38 heavy (non-hydrogen) atoms. The lowest BCUT2D eigenvalue weighted by Crippen LogP contribution is -2.48. The van der Waals surface area contributed by atoms with Crippen LogP contribution in [0.2, 0.25) is 0 Å². The zero-order chi connectivity index (χ0) is 26.9. The molecule has 0 spiro atoms. The van der Waals surface area contributed by atoms with Gasteiger partial charge in [-0.25, -0.2) is 13.4 Å². The predicted molar refractivity (Wildman–Crippen MR) is 151 cm³/mol. The molecule has 2 aromatic carbocycles. The first kappa shape index (κ1) is 27.2. The highest BCUT2D eigenvalue weighted by molar-refractivity contribution is 7.89. The van der Waals surface area contributed by atoms with Crippen LogP contribution in [0.4, 0.5) is 5.13 Å². The van der Waals surface area contributed by atoms with Gasteiger partial charge in [0, 0.05) is 32.7 Å². The number of anilines is 1. The van der Waals surface area contributed by atoms with Crippen LogP contribution in [-0.2, 0) is 19.6 Å². The van der Waals surface area contributed by atoms with Crippen LogP contribution in [0.1, 0.15) is 36.0 Å². The van der Waals surface area contributed by atoms with Crippen LogP contribution < -0.4 is 4.90 Å². The summed E-state index contributed by atoms with van der Waals surface area (Å²) in [6.07, 6.45) is 1.94. The van der Waals surface area contributed by atoms with Crippen molar-refractivity contribution in [2.24, 2.45) is 0 Å². The van der Waals surface area contributed by atoms with Crippen molar-refractivity contribution in [3.05, 3.63) is 53.1 Å². The maximum atomic E-state index is 14.2. The Kier molecular flexibility index (Phi) is 8.16. The first-order valence-corrected chi connectivity index (χ1v) is 15.6. The van der Waals surface area contributed by atoms with Gasteiger partial charge in [0.2, 0.25) is 15.9 Å². The molecule has 0 saturated carbocycles. The Bertz CT molecular complexity index is 1360. The van der Waals surface area contributed by atoms with Gasteiger partial charge in [-0.1, -0.05) is 41.2 Å². The highest BCUT2D eigenvalue weighted by Crippen LogP contribution is 2.35. The predicted octanol–water partition coefficient (Wildman–Crippen LogP) is 4.13. The van der Waals surface area contributed by atoms with Crippen LogP contribution >= 0.6 is 11.3 Å². The lowest BCUT2D eigenvalue weighted by Gasteiger charge is -2.30. The van der Waals surface area contributed by atoms with E-state index >= 15 is 0 Å². The highest BCUT2D eigenvalue weighted by Gasteiger charge is 2.42. The molecule has 2 aliphatic heterocycles. The average molecular weight is 557 g/mol. The van der Waals surface area contributed by atoms with Crippen LogP contribution in [0.15, 0.2) is 41.3 Å². The van der Waals surface area contributed by atoms with Crippen molar-refractivity contribution in [3.63, 3.8) is 0 Å². The van der Waals surface area contributed by atoms with Gasteiger partial charge in [-0.15, -0.1) is 0 Å². The second-order valence-corrected chi connectivity index (χ2v) is 13.1. The summed E-state index contributed by atoms with van der Waals surface area (Å²) in [5, 5.41) is 0.643. The monoisotopic (exact) mass is 556 g/mol. The SMILES string of the molecule is Cc1ccc(S(=O)(=O)N2CCCC2C(=O)N(CCCN2CCOCC2)c2nc3c(C)ccc(C)c3s2)cc1. The number of nitrogens with zero attached hydrogens (tertiary/aromatic N) is 4. The van der Waals surface area contributed by atoms with Crippen molar-refractivity contribution < 1.29 is 17.9 Å². The molecule has 0 N–H and O–H groups in total. The molecule has 1 amide bonds. The summed E-state index contributed by atoms with van der Waals surface area (Å²) in [5.41, 5.74) is 4.09. The average Bonchev–Trinajstić information content (AvgIpc) is 3.59. The lowest BCUT2D eigenvalue weighted by molar-refractivity contribution is -0.121. The number of sulfonamides is 1. The number of hydrogen-bond donors (Lipinski definition) is 0. The van der Waals surface area contributed by atoms with Crippen LogP contribution in [0, 0.1) is 20.8 Å². The van der Waals surface area contributed by atoms with Crippen molar-refractivity contribution in [1.29, 1.82) is 0 Å². The molecule has 10 heteroatoms. The third kappa shape index (κ3) is 5.51. The van der Waals surface area contributed by atoms with E-state index in [0.29, 0.717) is 31.1 Å². The number of hydrogen-bond acceptors (Lipinski definition) is 7. The van der Waals surface area contributed by atoms with Gasteiger partial charge < -0.3 is 4.74 Å². The number of morpholine rings is 1. The zero-order valence-corrected chi connectivity index (χ0v) is 24.0. The summed E-state index contributed by atoms with van der Waals surface area (Å²) in [4.78, 5) is 23.4. The molecule has 2 fully saturated rings. The van der Waals surface area contributed by atoms with Crippen molar-refractivity contribution in [1.82, 2.24) is 14.2 Å². The number of carbonyl (C=O) groups excluding carboxylic acids is 1. The molecule has 2 saturated heterocycles. The van der Waals surface area contributed by atoms with E-state index in [9.17, 15) is 13.2 Å². The van der Waals surface area contributed by atoms with Gasteiger partial charge in [0.25, 0.3) is 0 Å². The first-order valence-electron chi connectivity index (χ1n) is 13.3. The molecule has 0 aliphatic carbocycles. The Balaban J connectivity index is 1.44. The molecule has 0 bridgehead atoms. The summed E-state index contributed by atoms with van der Waals surface area (Å²) in [5.74, 6) is -0.186. The third-order valence-electron chi connectivity index (χ3n) is 7.50. The molecular formula is C28H36N4O4S2. The molecular weight excluding hydrogens is 520 g/mol. The fourth-order valence-corrected chi connectivity index (χ4v) is 8.04. The quantitative estimate of drug-likeness (QED) is 0.415. The van der Waals surface area contributed by atoms with E-state index in [1.807, 2.05) is 13.8 Å². The van der Waals surface area contributed by atoms with Gasteiger partial charge in [-0.2, -0.15) is 4.31 Å². The van der Waals surface area contributed by atoms with Crippen molar-refractivity contribution in [2.75, 3.05) is 50.8 Å². The van der Waals surface area contributed by atoms with Crippen LogP contribution in [0.5, 0.6) is 0 Å². The molecule has 2 aliphatic rings. The Morgan fingerprint density at radius 2 is 1.76 bits per heavy atom. The summed E-state index contributed by atoms with van der Waals surface area (Å²) < 4.78 is 35.1. The Morgan fingerprint density at radius 1 is 1.05 bits per heavy atom. The number of ether oxygens (including phenoxy) is 1. The minimum Gasteiger partial charge on any atom is -0.379 e. The summed E-state index contributed by atoms with van der Waals surface area (Å²) in [6, 6.07) is 10.2. The highest BCUT2D eigenvalue weighted by atomic mass is 32.2. The second kappa shape index (κ2) is 11.4. The molecule has 1 unspecified atom stereocenters. The van der Waals surface area contributed by atoms with Crippen LogP contribution in [-0.4, -0.2) is 80.5 Å². The van der Waals surface area contributed by atoms with Gasteiger partial charge in [0.05, 0.1) is 28.3 Å². The molecule has 8 nitrogen and oxygen atoms in total. The fourth-order valence-electron chi connectivity index (χ4n) is 5.24. The van der Waals surface area contributed by atoms with Gasteiger partial charge in [-0.3, -0.25) is 14.6 Å². The molecule has 3 aromatic rings. The van der Waals surface area contributed by atoms with Crippen molar-refractivity contribution >= 4 is 42.6 Å². The van der Waals surface area contributed by atoms with E-state index in [1.165, 1.54) is 15.6 Å².